The van der Waals surface area contributed by atoms with E-state index in [9.17, 15) is 10.1 Å². The first-order chi connectivity index (χ1) is 7.65. The average Bonchev–Trinajstić information content (AvgIpc) is 2.24. The van der Waals surface area contributed by atoms with E-state index in [2.05, 4.69) is 10.3 Å². The Labute approximate surface area is 94.4 Å². The van der Waals surface area contributed by atoms with E-state index < -0.39 is 4.92 Å². The molecule has 0 atom stereocenters. The molecule has 0 bridgehead atoms. The summed E-state index contributed by atoms with van der Waals surface area (Å²) in [7, 11) is 0. The summed E-state index contributed by atoms with van der Waals surface area (Å²) in [6.45, 7) is 4.38. The molecule has 0 aromatic carbocycles. The first kappa shape index (κ1) is 12.2. The summed E-state index contributed by atoms with van der Waals surface area (Å²) in [5.41, 5.74) is 0.783. The van der Waals surface area contributed by atoms with E-state index in [0.717, 1.165) is 12.1 Å². The van der Waals surface area contributed by atoms with Crippen LogP contribution in [0.1, 0.15) is 19.0 Å². The molecular formula is C11H15N3O2. The Balaban J connectivity index is 2.76. The van der Waals surface area contributed by atoms with Crippen LogP contribution in [0, 0.1) is 17.0 Å². The largest absolute Gasteiger partial charge is 0.364 e. The molecule has 1 aromatic heterocycles. The van der Waals surface area contributed by atoms with Gasteiger partial charge in [-0.3, -0.25) is 10.1 Å². The van der Waals surface area contributed by atoms with E-state index in [0.29, 0.717) is 12.4 Å². The number of aromatic nitrogens is 1. The fourth-order valence-electron chi connectivity index (χ4n) is 1.27. The van der Waals surface area contributed by atoms with Gasteiger partial charge < -0.3 is 5.32 Å². The highest BCUT2D eigenvalue weighted by molar-refractivity contribution is 5.56. The molecule has 0 aliphatic rings. The maximum absolute atomic E-state index is 10.7. The first-order valence-corrected chi connectivity index (χ1v) is 5.12. The van der Waals surface area contributed by atoms with Gasteiger partial charge in [-0.2, -0.15) is 0 Å². The van der Waals surface area contributed by atoms with Gasteiger partial charge in [-0.15, -0.1) is 0 Å². The number of nitro groups is 1. The molecule has 1 rings (SSSR count). The highest BCUT2D eigenvalue weighted by Gasteiger charge is 2.13. The Kier molecular flexibility index (Phi) is 4.44. The van der Waals surface area contributed by atoms with E-state index in [4.69, 9.17) is 0 Å². The third-order valence-electron chi connectivity index (χ3n) is 2.05. The smallest absolute Gasteiger partial charge is 0.311 e. The van der Waals surface area contributed by atoms with Crippen molar-refractivity contribution in [3.63, 3.8) is 0 Å². The lowest BCUT2D eigenvalue weighted by Gasteiger charge is -2.05. The second-order valence-electron chi connectivity index (χ2n) is 3.36. The Bertz CT molecular complexity index is 402. The third-order valence-corrected chi connectivity index (χ3v) is 2.05. The molecule has 0 aliphatic carbocycles. The number of nitrogens with zero attached hydrogens (tertiary/aromatic N) is 2. The molecule has 1 heterocycles. The van der Waals surface area contributed by atoms with Gasteiger partial charge in [0.1, 0.15) is 0 Å². The lowest BCUT2D eigenvalue weighted by atomic mass is 10.3. The Morgan fingerprint density at radius 1 is 1.56 bits per heavy atom. The highest BCUT2D eigenvalue weighted by atomic mass is 16.6. The van der Waals surface area contributed by atoms with Gasteiger partial charge in [-0.1, -0.05) is 12.2 Å². The summed E-state index contributed by atoms with van der Waals surface area (Å²) in [6.07, 6.45) is 4.76. The van der Waals surface area contributed by atoms with Crippen molar-refractivity contribution in [1.29, 1.82) is 0 Å². The molecule has 5 heteroatoms. The number of hydrogen-bond donors (Lipinski definition) is 1. The normalized spacial score (nSPS) is 10.6. The summed E-state index contributed by atoms with van der Waals surface area (Å²) >= 11 is 0. The molecule has 0 aliphatic heterocycles. The number of hydrogen-bond acceptors (Lipinski definition) is 4. The summed E-state index contributed by atoms with van der Waals surface area (Å²) in [6, 6.07) is 3.11. The average molecular weight is 221 g/mol. The van der Waals surface area contributed by atoms with Crippen molar-refractivity contribution in [2.24, 2.45) is 0 Å². The predicted octanol–water partition coefficient (Wildman–Crippen LogP) is 2.68. The van der Waals surface area contributed by atoms with Crippen molar-refractivity contribution in [1.82, 2.24) is 4.98 Å². The Morgan fingerprint density at radius 2 is 2.31 bits per heavy atom. The standard InChI is InChI=1S/C11H15N3O2/c1-3-4-5-8-12-11-10(14(15)16)7-6-9(2)13-11/h3-4,6-7H,5,8H2,1-2H3,(H,12,13)/b4-3+. The second kappa shape index (κ2) is 5.85. The van der Waals surface area contributed by atoms with Crippen molar-refractivity contribution in [3.8, 4) is 0 Å². The Hall–Kier alpha value is -1.91. The van der Waals surface area contributed by atoms with Crippen LogP contribution in [0.2, 0.25) is 0 Å². The van der Waals surface area contributed by atoms with Crippen LogP contribution in [-0.2, 0) is 0 Å². The molecule has 1 aromatic rings. The zero-order valence-corrected chi connectivity index (χ0v) is 9.43. The maximum Gasteiger partial charge on any atom is 0.311 e. The van der Waals surface area contributed by atoms with Crippen molar-refractivity contribution in [2.75, 3.05) is 11.9 Å². The number of pyridine rings is 1. The van der Waals surface area contributed by atoms with Gasteiger partial charge in [-0.05, 0) is 26.3 Å². The molecule has 0 unspecified atom stereocenters. The molecule has 1 N–H and O–H groups in total. The van der Waals surface area contributed by atoms with Gasteiger partial charge in [0.25, 0.3) is 0 Å². The van der Waals surface area contributed by atoms with Crippen LogP contribution in [0.3, 0.4) is 0 Å². The molecule has 86 valence electrons. The monoisotopic (exact) mass is 221 g/mol. The zero-order valence-electron chi connectivity index (χ0n) is 9.43. The summed E-state index contributed by atoms with van der Waals surface area (Å²) in [5, 5.41) is 13.7. The molecule has 16 heavy (non-hydrogen) atoms. The first-order valence-electron chi connectivity index (χ1n) is 5.12. The molecular weight excluding hydrogens is 206 g/mol. The second-order valence-corrected chi connectivity index (χ2v) is 3.36. The van der Waals surface area contributed by atoms with Gasteiger partial charge >= 0.3 is 5.69 Å². The van der Waals surface area contributed by atoms with E-state index in [1.54, 1.807) is 13.0 Å². The van der Waals surface area contributed by atoms with E-state index in [-0.39, 0.29) is 5.69 Å². The van der Waals surface area contributed by atoms with Gasteiger partial charge in [0.15, 0.2) is 0 Å². The van der Waals surface area contributed by atoms with Gasteiger partial charge in [-0.25, -0.2) is 4.98 Å². The summed E-state index contributed by atoms with van der Waals surface area (Å²) in [4.78, 5) is 14.4. The Morgan fingerprint density at radius 3 is 2.94 bits per heavy atom. The highest BCUT2D eigenvalue weighted by Crippen LogP contribution is 2.21. The van der Waals surface area contributed by atoms with Gasteiger partial charge in [0.2, 0.25) is 5.82 Å². The minimum atomic E-state index is -0.426. The minimum Gasteiger partial charge on any atom is -0.364 e. The van der Waals surface area contributed by atoms with Crippen molar-refractivity contribution >= 4 is 11.5 Å². The number of nitrogens with one attached hydrogen (secondary N) is 1. The van der Waals surface area contributed by atoms with Crippen LogP contribution >= 0.6 is 0 Å². The summed E-state index contributed by atoms with van der Waals surface area (Å²) in [5.74, 6) is 0.342. The van der Waals surface area contributed by atoms with E-state index >= 15 is 0 Å². The maximum atomic E-state index is 10.7. The van der Waals surface area contributed by atoms with Gasteiger partial charge in [0, 0.05) is 18.3 Å². The number of rotatable bonds is 5. The third kappa shape index (κ3) is 3.34. The van der Waals surface area contributed by atoms with E-state index in [1.165, 1.54) is 6.07 Å². The minimum absolute atomic E-state index is 0.0195. The lowest BCUT2D eigenvalue weighted by molar-refractivity contribution is -0.384. The quantitative estimate of drug-likeness (QED) is 0.359. The van der Waals surface area contributed by atoms with Crippen LogP contribution < -0.4 is 5.32 Å². The molecule has 0 amide bonds. The molecule has 0 spiro atoms. The fourth-order valence-corrected chi connectivity index (χ4v) is 1.27. The predicted molar refractivity (Wildman–Crippen MR) is 63.5 cm³/mol. The molecule has 0 radical (unpaired) electrons. The fraction of sp³-hybridized carbons (Fsp3) is 0.364. The van der Waals surface area contributed by atoms with Gasteiger partial charge in [0.05, 0.1) is 4.92 Å². The number of aryl methyl sites for hydroxylation is 1. The zero-order chi connectivity index (χ0) is 12.0. The molecule has 0 saturated heterocycles. The van der Waals surface area contributed by atoms with Crippen LogP contribution in [-0.4, -0.2) is 16.5 Å². The van der Waals surface area contributed by atoms with Crippen LogP contribution in [0.4, 0.5) is 11.5 Å². The van der Waals surface area contributed by atoms with Crippen LogP contribution in [0.25, 0.3) is 0 Å². The molecule has 0 saturated carbocycles. The topological polar surface area (TPSA) is 68.1 Å². The number of anilines is 1. The van der Waals surface area contributed by atoms with E-state index in [1.807, 2.05) is 19.1 Å². The lowest BCUT2D eigenvalue weighted by Crippen LogP contribution is -2.06. The van der Waals surface area contributed by atoms with Crippen LogP contribution in [0.5, 0.6) is 0 Å². The van der Waals surface area contributed by atoms with Crippen molar-refractivity contribution in [2.45, 2.75) is 20.3 Å². The van der Waals surface area contributed by atoms with Crippen molar-refractivity contribution in [3.05, 3.63) is 40.1 Å². The molecule has 5 nitrogen and oxygen atoms in total. The van der Waals surface area contributed by atoms with Crippen molar-refractivity contribution < 1.29 is 4.92 Å². The number of allylic oxidation sites excluding steroid dienone is 1. The molecule has 0 fully saturated rings. The summed E-state index contributed by atoms with van der Waals surface area (Å²) < 4.78 is 0. The SMILES string of the molecule is C/C=C/CCNc1nc(C)ccc1[N+](=O)[O-]. The van der Waals surface area contributed by atoms with Crippen LogP contribution in [0.15, 0.2) is 24.3 Å².